The van der Waals surface area contributed by atoms with E-state index in [-0.39, 0.29) is 26.4 Å². The first-order valence-corrected chi connectivity index (χ1v) is 9.58. The highest BCUT2D eigenvalue weighted by Gasteiger charge is 2.45. The predicted octanol–water partition coefficient (Wildman–Crippen LogP) is -1.47. The van der Waals surface area contributed by atoms with Gasteiger partial charge in [-0.25, -0.2) is 0 Å². The van der Waals surface area contributed by atoms with Gasteiger partial charge in [0.1, 0.15) is 36.6 Å². The Kier molecular flexibility index (Phi) is 11.2. The predicted molar refractivity (Wildman–Crippen MR) is 97.4 cm³/mol. The Hall–Kier alpha value is -0.440. The SMILES string of the molecule is COC[C@H]1O[C@H](OC)[C@H](O)[C@H]1OCCOCCO[C@@H]1[C@@H](O)[C@@H](OC)O[C@@H]1COC. The fraction of sp³-hybridized carbons (Fsp3) is 1.00. The molecule has 2 aliphatic rings. The summed E-state index contributed by atoms with van der Waals surface area (Å²) in [4.78, 5) is 0. The Labute approximate surface area is 171 Å². The van der Waals surface area contributed by atoms with E-state index in [1.54, 1.807) is 14.2 Å². The molecule has 2 aliphatic heterocycles. The molecule has 11 nitrogen and oxygen atoms in total. The molecule has 0 radical (unpaired) electrons. The van der Waals surface area contributed by atoms with Crippen LogP contribution in [0.2, 0.25) is 0 Å². The summed E-state index contributed by atoms with van der Waals surface area (Å²) < 4.78 is 48.3. The highest BCUT2D eigenvalue weighted by Crippen LogP contribution is 2.25. The van der Waals surface area contributed by atoms with Crippen molar-refractivity contribution in [2.75, 3.05) is 68.1 Å². The van der Waals surface area contributed by atoms with Crippen molar-refractivity contribution >= 4 is 0 Å². The molecule has 0 amide bonds. The van der Waals surface area contributed by atoms with Gasteiger partial charge in [-0.15, -0.1) is 0 Å². The van der Waals surface area contributed by atoms with Gasteiger partial charge in [0.2, 0.25) is 0 Å². The van der Waals surface area contributed by atoms with E-state index < -0.39 is 49.2 Å². The van der Waals surface area contributed by atoms with Gasteiger partial charge >= 0.3 is 0 Å². The van der Waals surface area contributed by atoms with Crippen molar-refractivity contribution in [3.05, 3.63) is 0 Å². The molecule has 0 aromatic carbocycles. The third-order valence-electron chi connectivity index (χ3n) is 4.78. The Morgan fingerprint density at radius 2 is 1.07 bits per heavy atom. The van der Waals surface area contributed by atoms with Crippen LogP contribution < -0.4 is 0 Å². The fourth-order valence-electron chi connectivity index (χ4n) is 3.40. The molecule has 8 atom stereocenters. The lowest BCUT2D eigenvalue weighted by Crippen LogP contribution is -2.38. The van der Waals surface area contributed by atoms with Gasteiger partial charge in [-0.3, -0.25) is 0 Å². The Bertz CT molecular complexity index is 402. The highest BCUT2D eigenvalue weighted by molar-refractivity contribution is 4.89. The Morgan fingerprint density at radius 1 is 0.655 bits per heavy atom. The van der Waals surface area contributed by atoms with Crippen LogP contribution in [-0.4, -0.2) is 127 Å². The average Bonchev–Trinajstić information content (AvgIpc) is 3.18. The number of aliphatic hydroxyl groups is 2. The van der Waals surface area contributed by atoms with Gasteiger partial charge in [-0.1, -0.05) is 0 Å². The van der Waals surface area contributed by atoms with Gasteiger partial charge in [-0.2, -0.15) is 0 Å². The minimum absolute atomic E-state index is 0.259. The second-order valence-electron chi connectivity index (χ2n) is 6.73. The monoisotopic (exact) mass is 426 g/mol. The molecular formula is C18H34O11. The molecular weight excluding hydrogens is 392 g/mol. The van der Waals surface area contributed by atoms with Crippen LogP contribution in [0.4, 0.5) is 0 Å². The van der Waals surface area contributed by atoms with Crippen molar-refractivity contribution in [3.63, 3.8) is 0 Å². The van der Waals surface area contributed by atoms with Crippen LogP contribution in [-0.2, 0) is 42.6 Å². The molecule has 172 valence electrons. The molecule has 0 bridgehead atoms. The summed E-state index contributed by atoms with van der Waals surface area (Å²) >= 11 is 0. The van der Waals surface area contributed by atoms with E-state index >= 15 is 0 Å². The summed E-state index contributed by atoms with van der Waals surface area (Å²) in [5, 5.41) is 20.4. The zero-order valence-corrected chi connectivity index (χ0v) is 17.4. The topological polar surface area (TPSA) is 124 Å². The summed E-state index contributed by atoms with van der Waals surface area (Å²) in [7, 11) is 6.02. The van der Waals surface area contributed by atoms with Crippen molar-refractivity contribution in [3.8, 4) is 0 Å². The normalized spacial score (nSPS) is 37.4. The quantitative estimate of drug-likeness (QED) is 0.316. The third kappa shape index (κ3) is 6.77. The van der Waals surface area contributed by atoms with Crippen LogP contribution in [0.25, 0.3) is 0 Å². The minimum atomic E-state index is -0.904. The molecule has 0 saturated carbocycles. The summed E-state index contributed by atoms with van der Waals surface area (Å²) in [5.41, 5.74) is 0. The van der Waals surface area contributed by atoms with Crippen molar-refractivity contribution in [1.82, 2.24) is 0 Å². The summed E-state index contributed by atoms with van der Waals surface area (Å²) in [5.74, 6) is 0. The van der Waals surface area contributed by atoms with Crippen LogP contribution in [0.5, 0.6) is 0 Å². The van der Waals surface area contributed by atoms with Crippen LogP contribution in [0.3, 0.4) is 0 Å². The molecule has 2 N–H and O–H groups in total. The molecule has 0 spiro atoms. The molecule has 0 unspecified atom stereocenters. The van der Waals surface area contributed by atoms with E-state index in [2.05, 4.69) is 0 Å². The highest BCUT2D eigenvalue weighted by atomic mass is 16.7. The van der Waals surface area contributed by atoms with Crippen LogP contribution in [0.15, 0.2) is 0 Å². The number of hydrogen-bond acceptors (Lipinski definition) is 11. The van der Waals surface area contributed by atoms with Gasteiger partial charge in [-0.05, 0) is 0 Å². The fourth-order valence-corrected chi connectivity index (χ4v) is 3.40. The zero-order valence-electron chi connectivity index (χ0n) is 17.4. The number of ether oxygens (including phenoxy) is 9. The van der Waals surface area contributed by atoms with Gasteiger partial charge in [0.25, 0.3) is 0 Å². The second kappa shape index (κ2) is 13.1. The largest absolute Gasteiger partial charge is 0.385 e. The number of methoxy groups -OCH3 is 4. The maximum Gasteiger partial charge on any atom is 0.186 e. The molecule has 29 heavy (non-hydrogen) atoms. The molecule has 0 aromatic heterocycles. The first-order chi connectivity index (χ1) is 14.1. The van der Waals surface area contributed by atoms with Crippen molar-refractivity contribution in [1.29, 1.82) is 0 Å². The minimum Gasteiger partial charge on any atom is -0.385 e. The number of rotatable bonds is 14. The van der Waals surface area contributed by atoms with Crippen LogP contribution in [0, 0.1) is 0 Å². The third-order valence-corrected chi connectivity index (χ3v) is 4.78. The molecule has 2 fully saturated rings. The molecule has 0 aromatic rings. The standard InChI is InChI=1S/C18H34O11/c1-21-9-11-15(13(19)17(23-3)28-11)26-7-5-25-6-8-27-16-12(10-22-2)29-18(24-4)14(16)20/h11-20H,5-10H2,1-4H3/t11-,12-,13-,14-,15+,16+,17+,18+/m1/s1. The Morgan fingerprint density at radius 3 is 1.41 bits per heavy atom. The maximum absolute atomic E-state index is 10.2. The molecule has 11 heteroatoms. The van der Waals surface area contributed by atoms with E-state index in [1.165, 1.54) is 14.2 Å². The van der Waals surface area contributed by atoms with E-state index in [9.17, 15) is 10.2 Å². The number of hydrogen-bond donors (Lipinski definition) is 2. The van der Waals surface area contributed by atoms with E-state index in [1.807, 2.05) is 0 Å². The summed E-state index contributed by atoms with van der Waals surface area (Å²) in [6, 6.07) is 0. The van der Waals surface area contributed by atoms with Gasteiger partial charge in [0.15, 0.2) is 12.6 Å². The van der Waals surface area contributed by atoms with E-state index in [4.69, 9.17) is 42.6 Å². The smallest absolute Gasteiger partial charge is 0.186 e. The maximum atomic E-state index is 10.2. The van der Waals surface area contributed by atoms with Crippen LogP contribution in [0.1, 0.15) is 0 Å². The summed E-state index contributed by atoms with van der Waals surface area (Å²) in [6.45, 7) is 1.69. The first-order valence-electron chi connectivity index (χ1n) is 9.58. The molecule has 2 heterocycles. The zero-order chi connectivity index (χ0) is 21.2. The van der Waals surface area contributed by atoms with Gasteiger partial charge in [0.05, 0.1) is 39.6 Å². The van der Waals surface area contributed by atoms with Crippen LogP contribution >= 0.6 is 0 Å². The first kappa shape index (κ1) is 24.8. The molecule has 2 saturated heterocycles. The van der Waals surface area contributed by atoms with Gasteiger partial charge in [0, 0.05) is 28.4 Å². The van der Waals surface area contributed by atoms with E-state index in [0.717, 1.165) is 0 Å². The number of aliphatic hydroxyl groups excluding tert-OH is 2. The van der Waals surface area contributed by atoms with Crippen molar-refractivity contribution in [2.24, 2.45) is 0 Å². The molecule has 2 rings (SSSR count). The lowest BCUT2D eigenvalue weighted by atomic mass is 10.1. The molecule has 0 aliphatic carbocycles. The lowest BCUT2D eigenvalue weighted by Gasteiger charge is -2.21. The Balaban J connectivity index is 1.63. The summed E-state index contributed by atoms with van der Waals surface area (Å²) in [6.07, 6.45) is -5.26. The second-order valence-corrected chi connectivity index (χ2v) is 6.73. The van der Waals surface area contributed by atoms with Crippen molar-refractivity contribution in [2.45, 2.75) is 49.2 Å². The van der Waals surface area contributed by atoms with Crippen molar-refractivity contribution < 1.29 is 52.8 Å². The lowest BCUT2D eigenvalue weighted by molar-refractivity contribution is -0.154. The van der Waals surface area contributed by atoms with E-state index in [0.29, 0.717) is 13.2 Å². The van der Waals surface area contributed by atoms with Gasteiger partial charge < -0.3 is 52.8 Å². The average molecular weight is 426 g/mol.